The molecule has 0 aliphatic rings. The van der Waals surface area contributed by atoms with E-state index in [1.165, 1.54) is 11.3 Å². The summed E-state index contributed by atoms with van der Waals surface area (Å²) in [4.78, 5) is 16.2. The Hall–Kier alpha value is -2.08. The van der Waals surface area contributed by atoms with Crippen LogP contribution in [0.3, 0.4) is 0 Å². The zero-order chi connectivity index (χ0) is 13.8. The van der Waals surface area contributed by atoms with Crippen LogP contribution in [0.2, 0.25) is 0 Å². The number of aromatic nitrogens is 1. The average molecular weight is 278 g/mol. The molecule has 19 heavy (non-hydrogen) atoms. The van der Waals surface area contributed by atoms with E-state index in [4.69, 9.17) is 4.74 Å². The minimum absolute atomic E-state index is 0.711. The topological polar surface area (TPSA) is 71.5 Å². The van der Waals surface area contributed by atoms with Gasteiger partial charge in [0.1, 0.15) is 5.75 Å². The van der Waals surface area contributed by atoms with E-state index >= 15 is 0 Å². The van der Waals surface area contributed by atoms with E-state index in [1.54, 1.807) is 43.8 Å². The Bertz CT molecular complexity index is 566. The molecule has 100 valence electrons. The number of carboxylic acids is 1. The van der Waals surface area contributed by atoms with Crippen LogP contribution in [-0.2, 0) is 4.79 Å². The fourth-order valence-corrected chi connectivity index (χ4v) is 2.52. The number of nitrogens with zero attached hydrogens (tertiary/aromatic N) is 1. The predicted molar refractivity (Wildman–Crippen MR) is 73.8 cm³/mol. The molecule has 2 N–H and O–H groups in total. The van der Waals surface area contributed by atoms with Gasteiger partial charge in [-0.1, -0.05) is 0 Å². The summed E-state index contributed by atoms with van der Waals surface area (Å²) in [6, 6.07) is 6.33. The molecule has 2 rings (SSSR count). The van der Waals surface area contributed by atoms with Gasteiger partial charge in [-0.25, -0.2) is 9.78 Å². The number of benzene rings is 1. The second kappa shape index (κ2) is 5.71. The minimum atomic E-state index is -0.928. The summed E-state index contributed by atoms with van der Waals surface area (Å²) in [5, 5.41) is 12.3. The van der Waals surface area contributed by atoms with Gasteiger partial charge in [0.15, 0.2) is 6.04 Å². The Morgan fingerprint density at radius 1 is 1.42 bits per heavy atom. The smallest absolute Gasteiger partial charge is 0.331 e. The quantitative estimate of drug-likeness (QED) is 0.880. The van der Waals surface area contributed by atoms with Gasteiger partial charge in [-0.3, -0.25) is 0 Å². The van der Waals surface area contributed by atoms with Crippen LogP contribution < -0.4 is 10.1 Å². The number of ether oxygens (including phenoxy) is 1. The first-order valence-corrected chi connectivity index (χ1v) is 6.53. The summed E-state index contributed by atoms with van der Waals surface area (Å²) in [6.07, 6.45) is 0. The van der Waals surface area contributed by atoms with E-state index in [2.05, 4.69) is 10.3 Å². The highest BCUT2D eigenvalue weighted by atomic mass is 32.1. The van der Waals surface area contributed by atoms with Crippen molar-refractivity contribution in [2.24, 2.45) is 0 Å². The van der Waals surface area contributed by atoms with Crippen molar-refractivity contribution in [1.82, 2.24) is 4.98 Å². The van der Waals surface area contributed by atoms with Gasteiger partial charge in [-0.2, -0.15) is 0 Å². The lowest BCUT2D eigenvalue weighted by molar-refractivity contribution is -0.138. The Kier molecular flexibility index (Phi) is 4.01. The van der Waals surface area contributed by atoms with E-state index in [0.717, 1.165) is 17.1 Å². The third-order valence-corrected chi connectivity index (χ3v) is 3.69. The highest BCUT2D eigenvalue weighted by molar-refractivity contribution is 7.10. The standard InChI is InChI=1S/C13H14N2O3S/c1-8-12(19-7-14-8)11(13(16)17)15-9-3-5-10(18-2)6-4-9/h3-7,11,15H,1-2H3,(H,16,17). The molecule has 0 saturated carbocycles. The molecule has 1 atom stereocenters. The number of thiazole rings is 1. The highest BCUT2D eigenvalue weighted by Gasteiger charge is 2.23. The van der Waals surface area contributed by atoms with Gasteiger partial charge < -0.3 is 15.2 Å². The van der Waals surface area contributed by atoms with Gasteiger partial charge in [-0.05, 0) is 31.2 Å². The number of anilines is 1. The first-order valence-electron chi connectivity index (χ1n) is 5.65. The molecule has 0 bridgehead atoms. The number of hydrogen-bond acceptors (Lipinski definition) is 5. The zero-order valence-corrected chi connectivity index (χ0v) is 11.4. The van der Waals surface area contributed by atoms with Crippen LogP contribution in [-0.4, -0.2) is 23.2 Å². The molecule has 0 radical (unpaired) electrons. The first-order chi connectivity index (χ1) is 9.11. The van der Waals surface area contributed by atoms with Crippen LogP contribution in [0.5, 0.6) is 5.75 Å². The van der Waals surface area contributed by atoms with Gasteiger partial charge in [-0.15, -0.1) is 11.3 Å². The van der Waals surface area contributed by atoms with Crippen molar-refractivity contribution in [3.05, 3.63) is 40.3 Å². The monoisotopic (exact) mass is 278 g/mol. The maximum atomic E-state index is 11.4. The van der Waals surface area contributed by atoms with Crippen molar-refractivity contribution >= 4 is 23.0 Å². The predicted octanol–water partition coefficient (Wildman–Crippen LogP) is 2.70. The van der Waals surface area contributed by atoms with Crippen molar-refractivity contribution in [2.75, 3.05) is 12.4 Å². The summed E-state index contributed by atoms with van der Waals surface area (Å²) < 4.78 is 5.06. The largest absolute Gasteiger partial charge is 0.497 e. The Labute approximate surface area is 114 Å². The van der Waals surface area contributed by atoms with Gasteiger partial charge in [0, 0.05) is 5.69 Å². The number of hydrogen-bond donors (Lipinski definition) is 2. The summed E-state index contributed by atoms with van der Waals surface area (Å²) in [5.41, 5.74) is 3.11. The lowest BCUT2D eigenvalue weighted by Crippen LogP contribution is -2.20. The lowest BCUT2D eigenvalue weighted by Gasteiger charge is -2.15. The van der Waals surface area contributed by atoms with E-state index in [1.807, 2.05) is 0 Å². The fourth-order valence-electron chi connectivity index (χ4n) is 1.68. The van der Waals surface area contributed by atoms with Crippen molar-refractivity contribution in [3.8, 4) is 5.75 Å². The molecular formula is C13H14N2O3S. The molecule has 1 heterocycles. The van der Waals surface area contributed by atoms with E-state index < -0.39 is 12.0 Å². The van der Waals surface area contributed by atoms with Crippen LogP contribution in [0, 0.1) is 6.92 Å². The summed E-state index contributed by atoms with van der Waals surface area (Å²) in [7, 11) is 1.59. The summed E-state index contributed by atoms with van der Waals surface area (Å²) >= 11 is 1.33. The number of rotatable bonds is 5. The van der Waals surface area contributed by atoms with Crippen LogP contribution in [0.4, 0.5) is 5.69 Å². The second-order valence-corrected chi connectivity index (χ2v) is 4.83. The van der Waals surface area contributed by atoms with Gasteiger partial charge >= 0.3 is 5.97 Å². The van der Waals surface area contributed by atoms with E-state index in [0.29, 0.717) is 4.88 Å². The van der Waals surface area contributed by atoms with Crippen molar-refractivity contribution in [1.29, 1.82) is 0 Å². The molecule has 2 aromatic rings. The lowest BCUT2D eigenvalue weighted by atomic mass is 10.2. The number of methoxy groups -OCH3 is 1. The van der Waals surface area contributed by atoms with Crippen LogP contribution in [0.15, 0.2) is 29.8 Å². The van der Waals surface area contributed by atoms with Gasteiger partial charge in [0.05, 0.1) is 23.2 Å². The molecule has 1 aromatic heterocycles. The fraction of sp³-hybridized carbons (Fsp3) is 0.231. The SMILES string of the molecule is COc1ccc(NC(C(=O)O)c2scnc2C)cc1. The molecule has 6 heteroatoms. The normalized spacial score (nSPS) is 11.9. The molecule has 5 nitrogen and oxygen atoms in total. The summed E-state index contributed by atoms with van der Waals surface area (Å²) in [6.45, 7) is 1.80. The van der Waals surface area contributed by atoms with Crippen LogP contribution in [0.25, 0.3) is 0 Å². The van der Waals surface area contributed by atoms with Crippen molar-refractivity contribution in [3.63, 3.8) is 0 Å². The Morgan fingerprint density at radius 2 is 2.11 bits per heavy atom. The summed E-state index contributed by atoms with van der Waals surface area (Å²) in [5.74, 6) is -0.199. The molecule has 1 unspecified atom stereocenters. The number of carbonyl (C=O) groups is 1. The molecular weight excluding hydrogens is 264 g/mol. The van der Waals surface area contributed by atoms with Crippen LogP contribution >= 0.6 is 11.3 Å². The number of aryl methyl sites for hydroxylation is 1. The molecule has 0 aliphatic carbocycles. The van der Waals surface area contributed by atoms with Gasteiger partial charge in [0.25, 0.3) is 0 Å². The molecule has 0 aliphatic heterocycles. The first kappa shape index (κ1) is 13.4. The van der Waals surface area contributed by atoms with Crippen LogP contribution in [0.1, 0.15) is 16.6 Å². The molecule has 1 aromatic carbocycles. The zero-order valence-electron chi connectivity index (χ0n) is 10.6. The number of nitrogens with one attached hydrogen (secondary N) is 1. The molecule has 0 fully saturated rings. The average Bonchev–Trinajstić information content (AvgIpc) is 2.82. The van der Waals surface area contributed by atoms with Gasteiger partial charge in [0.2, 0.25) is 0 Å². The molecule has 0 amide bonds. The maximum Gasteiger partial charge on any atom is 0.331 e. The maximum absolute atomic E-state index is 11.4. The minimum Gasteiger partial charge on any atom is -0.497 e. The van der Waals surface area contributed by atoms with Crippen molar-refractivity contribution < 1.29 is 14.6 Å². The third-order valence-electron chi connectivity index (χ3n) is 2.69. The number of aliphatic carboxylic acids is 1. The molecule has 0 saturated heterocycles. The molecule has 0 spiro atoms. The highest BCUT2D eigenvalue weighted by Crippen LogP contribution is 2.26. The Balaban J connectivity index is 2.21. The van der Waals surface area contributed by atoms with E-state index in [-0.39, 0.29) is 0 Å². The Morgan fingerprint density at radius 3 is 2.58 bits per heavy atom. The van der Waals surface area contributed by atoms with Crippen molar-refractivity contribution in [2.45, 2.75) is 13.0 Å². The van der Waals surface area contributed by atoms with E-state index in [9.17, 15) is 9.90 Å². The number of carboxylic acid groups (broad SMARTS) is 1. The third kappa shape index (κ3) is 3.03. The second-order valence-electron chi connectivity index (χ2n) is 3.95.